The van der Waals surface area contributed by atoms with Gasteiger partial charge >= 0.3 is 0 Å². The summed E-state index contributed by atoms with van der Waals surface area (Å²) in [7, 11) is 0. The summed E-state index contributed by atoms with van der Waals surface area (Å²) in [5, 5.41) is 9.11. The lowest BCUT2D eigenvalue weighted by atomic mass is 9.97. The molecular weight excluding hydrogens is 245 g/mol. The molecule has 0 aliphatic heterocycles. The van der Waals surface area contributed by atoms with Gasteiger partial charge in [-0.05, 0) is 43.3 Å². The molecular formula is C15H12FNO2. The zero-order valence-corrected chi connectivity index (χ0v) is 10.4. The minimum absolute atomic E-state index is 0.0229. The Morgan fingerprint density at radius 1 is 1.32 bits per heavy atom. The Morgan fingerprint density at radius 2 is 2.00 bits per heavy atom. The molecule has 4 heteroatoms. The van der Waals surface area contributed by atoms with Crippen molar-refractivity contribution in [3.8, 4) is 6.07 Å². The van der Waals surface area contributed by atoms with E-state index < -0.39 is 11.7 Å². The Bertz CT molecular complexity index is 622. The van der Waals surface area contributed by atoms with Gasteiger partial charge in [0.05, 0.1) is 6.07 Å². The fraction of sp³-hybridized carbons (Fsp3) is 0.200. The van der Waals surface area contributed by atoms with Gasteiger partial charge in [-0.3, -0.25) is 4.79 Å². The molecule has 0 saturated heterocycles. The summed E-state index contributed by atoms with van der Waals surface area (Å²) in [5.41, 5.74) is 0.393. The summed E-state index contributed by atoms with van der Waals surface area (Å²) in [5.74, 6) is -0.0400. The molecule has 0 unspecified atom stereocenters. The quantitative estimate of drug-likeness (QED) is 0.786. The van der Waals surface area contributed by atoms with Crippen molar-refractivity contribution in [2.75, 3.05) is 0 Å². The van der Waals surface area contributed by atoms with Crippen molar-refractivity contribution in [2.45, 2.75) is 19.3 Å². The highest BCUT2D eigenvalue weighted by Gasteiger charge is 2.19. The van der Waals surface area contributed by atoms with Crippen molar-refractivity contribution < 1.29 is 13.6 Å². The second-order valence-electron chi connectivity index (χ2n) is 4.26. The van der Waals surface area contributed by atoms with Crippen LogP contribution in [0.4, 0.5) is 4.39 Å². The minimum atomic E-state index is -0.619. The fourth-order valence-electron chi connectivity index (χ4n) is 1.79. The van der Waals surface area contributed by atoms with Crippen LogP contribution in [0.15, 0.2) is 40.8 Å². The van der Waals surface area contributed by atoms with Crippen LogP contribution in [-0.4, -0.2) is 5.78 Å². The summed E-state index contributed by atoms with van der Waals surface area (Å²) in [4.78, 5) is 12.0. The third-order valence-electron chi connectivity index (χ3n) is 2.82. The first-order valence-corrected chi connectivity index (χ1v) is 5.85. The third kappa shape index (κ3) is 3.08. The Labute approximate surface area is 110 Å². The van der Waals surface area contributed by atoms with Gasteiger partial charge in [0.2, 0.25) is 0 Å². The molecule has 0 amide bonds. The van der Waals surface area contributed by atoms with Crippen LogP contribution in [0.3, 0.4) is 0 Å². The molecule has 0 aliphatic rings. The van der Waals surface area contributed by atoms with Crippen LogP contribution in [-0.2, 0) is 0 Å². The molecule has 96 valence electrons. The first-order chi connectivity index (χ1) is 9.10. The number of carbonyl (C=O) groups excluding carboxylic acids is 1. The molecule has 0 fully saturated rings. The molecule has 1 aromatic heterocycles. The average molecular weight is 257 g/mol. The fourth-order valence-corrected chi connectivity index (χ4v) is 1.79. The monoisotopic (exact) mass is 257 g/mol. The van der Waals surface area contributed by atoms with Gasteiger partial charge in [-0.1, -0.05) is 0 Å². The summed E-state index contributed by atoms with van der Waals surface area (Å²) in [6, 6.07) is 10.8. The molecule has 1 heterocycles. The second-order valence-corrected chi connectivity index (χ2v) is 4.26. The van der Waals surface area contributed by atoms with Crippen LogP contribution in [0.25, 0.3) is 0 Å². The minimum Gasteiger partial charge on any atom is -0.465 e. The number of nitrogens with zero attached hydrogens (tertiary/aromatic N) is 1. The van der Waals surface area contributed by atoms with E-state index in [1.807, 2.05) is 0 Å². The highest BCUT2D eigenvalue weighted by Crippen LogP contribution is 2.23. The van der Waals surface area contributed by atoms with Crippen molar-refractivity contribution in [1.29, 1.82) is 5.26 Å². The van der Waals surface area contributed by atoms with Crippen molar-refractivity contribution in [3.63, 3.8) is 0 Å². The molecule has 2 rings (SSSR count). The van der Waals surface area contributed by atoms with Gasteiger partial charge in [0.15, 0.2) is 5.78 Å². The van der Waals surface area contributed by atoms with Crippen molar-refractivity contribution >= 4 is 5.78 Å². The predicted molar refractivity (Wildman–Crippen MR) is 67.1 cm³/mol. The van der Waals surface area contributed by atoms with Gasteiger partial charge in [-0.25, -0.2) is 4.39 Å². The first kappa shape index (κ1) is 13.0. The average Bonchev–Trinajstić information content (AvgIpc) is 2.83. The molecule has 19 heavy (non-hydrogen) atoms. The number of hydrogen-bond acceptors (Lipinski definition) is 3. The van der Waals surface area contributed by atoms with E-state index in [0.717, 1.165) is 0 Å². The predicted octanol–water partition coefficient (Wildman–Crippen LogP) is 3.61. The van der Waals surface area contributed by atoms with Crippen LogP contribution < -0.4 is 0 Å². The van der Waals surface area contributed by atoms with Gasteiger partial charge in [0, 0.05) is 12.0 Å². The van der Waals surface area contributed by atoms with Crippen LogP contribution in [0.5, 0.6) is 0 Å². The van der Waals surface area contributed by atoms with E-state index in [1.165, 1.54) is 24.3 Å². The molecule has 0 saturated carbocycles. The van der Waals surface area contributed by atoms with Crippen molar-refractivity contribution in [1.82, 2.24) is 0 Å². The molecule has 3 nitrogen and oxygen atoms in total. The number of rotatable bonds is 4. The SMILES string of the molecule is Cc1ccc([C@H](C#N)CC(=O)c2ccc(F)cc2)o1. The second kappa shape index (κ2) is 5.49. The summed E-state index contributed by atoms with van der Waals surface area (Å²) < 4.78 is 18.1. The lowest BCUT2D eigenvalue weighted by molar-refractivity contribution is 0.0976. The number of halogens is 1. The highest BCUT2D eigenvalue weighted by molar-refractivity contribution is 5.96. The third-order valence-corrected chi connectivity index (χ3v) is 2.82. The summed E-state index contributed by atoms with van der Waals surface area (Å²) >= 11 is 0. The van der Waals surface area contributed by atoms with Gasteiger partial charge in [-0.2, -0.15) is 5.26 Å². The number of Topliss-reactive ketones (excluding diaryl/α,β-unsaturated/α-hetero) is 1. The van der Waals surface area contributed by atoms with E-state index in [4.69, 9.17) is 9.68 Å². The lowest BCUT2D eigenvalue weighted by Gasteiger charge is -2.05. The van der Waals surface area contributed by atoms with Crippen molar-refractivity contribution in [2.24, 2.45) is 0 Å². The van der Waals surface area contributed by atoms with Crippen LogP contribution >= 0.6 is 0 Å². The number of aryl methyl sites for hydroxylation is 1. The Balaban J connectivity index is 2.13. The van der Waals surface area contributed by atoms with Gasteiger partial charge in [0.25, 0.3) is 0 Å². The summed E-state index contributed by atoms with van der Waals surface area (Å²) in [6.45, 7) is 1.78. The Kier molecular flexibility index (Phi) is 3.76. The van der Waals surface area contributed by atoms with Crippen LogP contribution in [0, 0.1) is 24.1 Å². The van der Waals surface area contributed by atoms with E-state index in [1.54, 1.807) is 19.1 Å². The normalized spacial score (nSPS) is 11.8. The molecule has 0 aliphatic carbocycles. The zero-order valence-electron chi connectivity index (χ0n) is 10.4. The van der Waals surface area contributed by atoms with E-state index in [9.17, 15) is 9.18 Å². The zero-order chi connectivity index (χ0) is 13.8. The molecule has 2 aromatic rings. The largest absolute Gasteiger partial charge is 0.465 e. The van der Waals surface area contributed by atoms with Crippen LogP contribution in [0.2, 0.25) is 0 Å². The Hall–Kier alpha value is -2.41. The molecule has 0 bridgehead atoms. The Morgan fingerprint density at radius 3 is 2.53 bits per heavy atom. The standard InChI is InChI=1S/C15H12FNO2/c1-10-2-7-15(19-10)12(9-17)8-14(18)11-3-5-13(16)6-4-11/h2-7,12H,8H2,1H3/t12-/m0/s1. The number of furan rings is 1. The molecule has 1 aromatic carbocycles. The molecule has 0 spiro atoms. The van der Waals surface area contributed by atoms with Gasteiger partial charge in [0.1, 0.15) is 23.3 Å². The van der Waals surface area contributed by atoms with E-state index >= 15 is 0 Å². The number of ketones is 1. The van der Waals surface area contributed by atoms with E-state index in [2.05, 4.69) is 6.07 Å². The number of carbonyl (C=O) groups is 1. The maximum atomic E-state index is 12.8. The maximum absolute atomic E-state index is 12.8. The van der Waals surface area contributed by atoms with E-state index in [-0.39, 0.29) is 12.2 Å². The van der Waals surface area contributed by atoms with Gasteiger partial charge in [-0.15, -0.1) is 0 Å². The van der Waals surface area contributed by atoms with Gasteiger partial charge < -0.3 is 4.42 Å². The lowest BCUT2D eigenvalue weighted by Crippen LogP contribution is -2.05. The number of nitriles is 1. The molecule has 0 N–H and O–H groups in total. The topological polar surface area (TPSA) is 54.0 Å². The first-order valence-electron chi connectivity index (χ1n) is 5.85. The van der Waals surface area contributed by atoms with Crippen molar-refractivity contribution in [3.05, 3.63) is 59.3 Å². The number of hydrogen-bond donors (Lipinski definition) is 0. The smallest absolute Gasteiger partial charge is 0.164 e. The molecule has 0 radical (unpaired) electrons. The number of benzene rings is 1. The summed E-state index contributed by atoms with van der Waals surface area (Å²) in [6.07, 6.45) is 0.0229. The van der Waals surface area contributed by atoms with Crippen LogP contribution in [0.1, 0.15) is 34.2 Å². The highest BCUT2D eigenvalue weighted by atomic mass is 19.1. The van der Waals surface area contributed by atoms with E-state index in [0.29, 0.717) is 17.1 Å². The maximum Gasteiger partial charge on any atom is 0.164 e. The molecule has 1 atom stereocenters.